The van der Waals surface area contributed by atoms with Crippen molar-refractivity contribution in [1.82, 2.24) is 15.1 Å². The Bertz CT molecular complexity index is 899. The van der Waals surface area contributed by atoms with Crippen LogP contribution >= 0.6 is 23.4 Å². The fraction of sp³-hybridized carbons (Fsp3) is 0.294. The van der Waals surface area contributed by atoms with Gasteiger partial charge in [0.25, 0.3) is 0 Å². The van der Waals surface area contributed by atoms with E-state index in [1.54, 1.807) is 47.6 Å². The van der Waals surface area contributed by atoms with Gasteiger partial charge in [0.2, 0.25) is 0 Å². The van der Waals surface area contributed by atoms with Crippen LogP contribution in [-0.2, 0) is 30.6 Å². The number of nitrogens with one attached hydrogen (secondary N) is 2. The lowest BCUT2D eigenvalue weighted by Crippen LogP contribution is -2.39. The molecule has 0 saturated carbocycles. The van der Waals surface area contributed by atoms with Gasteiger partial charge in [0, 0.05) is 22.1 Å². The van der Waals surface area contributed by atoms with Gasteiger partial charge >= 0.3 is 17.8 Å². The van der Waals surface area contributed by atoms with Crippen LogP contribution in [0.3, 0.4) is 0 Å². The predicted octanol–water partition coefficient (Wildman–Crippen LogP) is 1.89. The molecule has 1 aromatic carbocycles. The first-order chi connectivity index (χ1) is 13.0. The van der Waals surface area contributed by atoms with E-state index in [1.165, 1.54) is 0 Å². The molecule has 0 saturated heterocycles. The highest BCUT2D eigenvalue weighted by Gasteiger charge is 2.26. The van der Waals surface area contributed by atoms with Gasteiger partial charge in [-0.1, -0.05) is 17.7 Å². The summed E-state index contributed by atoms with van der Waals surface area (Å²) in [4.78, 5) is 35.6. The van der Waals surface area contributed by atoms with Gasteiger partial charge in [-0.15, -0.1) is 0 Å². The third kappa shape index (κ3) is 4.42. The van der Waals surface area contributed by atoms with Crippen LogP contribution in [0.4, 0.5) is 5.82 Å². The number of anilines is 1. The summed E-state index contributed by atoms with van der Waals surface area (Å²) in [5.74, 6) is -0.603. The molecule has 0 radical (unpaired) electrons. The minimum absolute atomic E-state index is 0.198. The van der Waals surface area contributed by atoms with E-state index in [0.717, 1.165) is 17.0 Å². The van der Waals surface area contributed by atoms with Crippen molar-refractivity contribution in [3.05, 3.63) is 40.5 Å². The molecule has 0 fully saturated rings. The third-order valence-electron chi connectivity index (χ3n) is 3.74. The van der Waals surface area contributed by atoms with Gasteiger partial charge in [-0.05, 0) is 25.1 Å². The van der Waals surface area contributed by atoms with Crippen LogP contribution in [0.5, 0.6) is 0 Å². The highest BCUT2D eigenvalue weighted by atomic mass is 35.5. The first-order valence-electron chi connectivity index (χ1n) is 8.19. The summed E-state index contributed by atoms with van der Waals surface area (Å²) >= 11 is 7.72. The van der Waals surface area contributed by atoms with Crippen molar-refractivity contribution < 1.29 is 19.1 Å². The summed E-state index contributed by atoms with van der Waals surface area (Å²) in [6, 6.07) is 7.03. The van der Waals surface area contributed by atoms with Gasteiger partial charge in [0.1, 0.15) is 12.4 Å². The fourth-order valence-electron chi connectivity index (χ4n) is 2.55. The maximum absolute atomic E-state index is 12.3. The Hall–Kier alpha value is -2.52. The molecule has 1 aliphatic rings. The quantitative estimate of drug-likeness (QED) is 0.578. The van der Waals surface area contributed by atoms with Gasteiger partial charge in [-0.2, -0.15) is 16.9 Å². The number of fused-ring (bicyclic) bond motifs is 1. The number of hydrogen-bond donors (Lipinski definition) is 2. The molecule has 0 unspecified atom stereocenters. The van der Waals surface area contributed by atoms with Crippen molar-refractivity contribution in [1.29, 1.82) is 0 Å². The maximum atomic E-state index is 12.3. The topological polar surface area (TPSA) is 102 Å². The molecule has 2 aromatic rings. The zero-order valence-electron chi connectivity index (χ0n) is 14.5. The summed E-state index contributed by atoms with van der Waals surface area (Å²) < 4.78 is 6.27. The monoisotopic (exact) mass is 408 g/mol. The highest BCUT2D eigenvalue weighted by molar-refractivity contribution is 7.98. The molecule has 0 atom stereocenters. The summed E-state index contributed by atoms with van der Waals surface area (Å²) in [5.41, 5.74) is 2.39. The predicted molar refractivity (Wildman–Crippen MR) is 102 cm³/mol. The van der Waals surface area contributed by atoms with Crippen LogP contribution in [0.2, 0.25) is 5.02 Å². The van der Waals surface area contributed by atoms with E-state index in [2.05, 4.69) is 15.7 Å². The first kappa shape index (κ1) is 19.2. The lowest BCUT2D eigenvalue weighted by molar-refractivity contribution is -0.144. The van der Waals surface area contributed by atoms with E-state index >= 15 is 0 Å². The Labute approximate surface area is 164 Å². The molecule has 142 valence electrons. The largest absolute Gasteiger partial charge is 0.465 e. The van der Waals surface area contributed by atoms with Gasteiger partial charge in [0.05, 0.1) is 18.0 Å². The van der Waals surface area contributed by atoms with E-state index in [9.17, 15) is 14.4 Å². The molecule has 2 N–H and O–H groups in total. The normalized spacial score (nSPS) is 12.4. The Kier molecular flexibility index (Phi) is 6.02. The smallest absolute Gasteiger partial charge is 0.325 e. The number of nitrogens with zero attached hydrogens (tertiary/aromatic N) is 2. The minimum atomic E-state index is -0.929. The minimum Gasteiger partial charge on any atom is -0.465 e. The van der Waals surface area contributed by atoms with Crippen molar-refractivity contribution in [2.45, 2.75) is 18.4 Å². The number of esters is 1. The van der Waals surface area contributed by atoms with Gasteiger partial charge < -0.3 is 15.4 Å². The van der Waals surface area contributed by atoms with Crippen molar-refractivity contribution in [3.8, 4) is 5.69 Å². The van der Waals surface area contributed by atoms with E-state index in [-0.39, 0.29) is 13.2 Å². The van der Waals surface area contributed by atoms with Crippen LogP contribution in [0.15, 0.2) is 24.3 Å². The number of benzene rings is 1. The lowest BCUT2D eigenvalue weighted by Gasteiger charge is -2.11. The molecule has 1 aliphatic heterocycles. The van der Waals surface area contributed by atoms with E-state index in [4.69, 9.17) is 16.3 Å². The van der Waals surface area contributed by atoms with Crippen molar-refractivity contribution in [3.63, 3.8) is 0 Å². The number of ether oxygens (including phenoxy) is 1. The standard InChI is InChI=1S/C17H17ClN4O4S/c1-2-26-14(23)7-19-16(24)17(25)20-15-12-8-27-9-13(12)21-22(15)11-5-3-4-10(18)6-11/h3-6H,2,7-9H2,1H3,(H,19,24)(H,20,25). The highest BCUT2D eigenvalue weighted by Crippen LogP contribution is 2.36. The number of carbonyl (C=O) groups excluding carboxylic acids is 3. The molecule has 8 nitrogen and oxygen atoms in total. The number of aromatic nitrogens is 2. The molecule has 27 heavy (non-hydrogen) atoms. The Balaban J connectivity index is 1.79. The molecular formula is C17H17ClN4O4S. The molecule has 0 aliphatic carbocycles. The number of halogens is 1. The first-order valence-corrected chi connectivity index (χ1v) is 9.72. The second-order valence-electron chi connectivity index (χ2n) is 5.60. The number of hydrogen-bond acceptors (Lipinski definition) is 6. The number of carbonyl (C=O) groups is 3. The van der Waals surface area contributed by atoms with E-state index in [1.807, 2.05) is 0 Å². The van der Waals surface area contributed by atoms with Crippen LogP contribution in [-0.4, -0.2) is 40.7 Å². The van der Waals surface area contributed by atoms with Gasteiger partial charge in [-0.25, -0.2) is 4.68 Å². The zero-order valence-corrected chi connectivity index (χ0v) is 16.0. The number of rotatable bonds is 5. The second kappa shape index (κ2) is 8.45. The Morgan fingerprint density at radius 1 is 1.30 bits per heavy atom. The molecule has 3 rings (SSSR count). The Morgan fingerprint density at radius 3 is 2.85 bits per heavy atom. The number of thioether (sulfide) groups is 1. The zero-order chi connectivity index (χ0) is 19.4. The average Bonchev–Trinajstić information content (AvgIpc) is 3.22. The molecule has 1 aromatic heterocycles. The van der Waals surface area contributed by atoms with Gasteiger partial charge in [0.15, 0.2) is 0 Å². The van der Waals surface area contributed by atoms with Crippen molar-refractivity contribution in [2.75, 3.05) is 18.5 Å². The average molecular weight is 409 g/mol. The van der Waals surface area contributed by atoms with E-state index in [0.29, 0.717) is 22.3 Å². The van der Waals surface area contributed by atoms with Crippen LogP contribution in [0.1, 0.15) is 18.2 Å². The summed E-state index contributed by atoms with van der Waals surface area (Å²) in [7, 11) is 0. The summed E-state index contributed by atoms with van der Waals surface area (Å²) in [6.07, 6.45) is 0. The molecule has 2 heterocycles. The van der Waals surface area contributed by atoms with Gasteiger partial charge in [-0.3, -0.25) is 14.4 Å². The van der Waals surface area contributed by atoms with Crippen LogP contribution in [0, 0.1) is 0 Å². The molecule has 2 amide bonds. The molecule has 0 spiro atoms. The maximum Gasteiger partial charge on any atom is 0.325 e. The molecule has 10 heteroatoms. The Morgan fingerprint density at radius 2 is 2.11 bits per heavy atom. The summed E-state index contributed by atoms with van der Waals surface area (Å²) in [5, 5.41) is 9.90. The number of amides is 2. The summed E-state index contributed by atoms with van der Waals surface area (Å²) in [6.45, 7) is 1.48. The van der Waals surface area contributed by atoms with E-state index < -0.39 is 17.8 Å². The molecular weight excluding hydrogens is 392 g/mol. The third-order valence-corrected chi connectivity index (χ3v) is 4.95. The van der Waals surface area contributed by atoms with Crippen LogP contribution in [0.25, 0.3) is 5.69 Å². The van der Waals surface area contributed by atoms with Crippen molar-refractivity contribution >= 4 is 47.0 Å². The molecule has 0 bridgehead atoms. The SMILES string of the molecule is CCOC(=O)CNC(=O)C(=O)Nc1c2c(nn1-c1cccc(Cl)c1)CSC2. The van der Waals surface area contributed by atoms with Crippen molar-refractivity contribution in [2.24, 2.45) is 0 Å². The van der Waals surface area contributed by atoms with Crippen LogP contribution < -0.4 is 10.6 Å². The fourth-order valence-corrected chi connectivity index (χ4v) is 3.76. The second-order valence-corrected chi connectivity index (χ2v) is 7.02. The lowest BCUT2D eigenvalue weighted by atomic mass is 10.2.